The number of alkyl halides is 3. The zero-order valence-corrected chi connectivity index (χ0v) is 16.0. The van der Waals surface area contributed by atoms with E-state index in [1.807, 2.05) is 0 Å². The second kappa shape index (κ2) is 8.91. The van der Waals surface area contributed by atoms with E-state index in [4.69, 9.17) is 4.74 Å². The SMILES string of the molecule is CC(C)(C)OC(=O)CN(Cc1ccccc1)C(=Nc1ccccc1)C(F)(F)F. The molecule has 0 saturated heterocycles. The molecule has 0 aromatic heterocycles. The highest BCUT2D eigenvalue weighted by Crippen LogP contribution is 2.25. The summed E-state index contributed by atoms with van der Waals surface area (Å²) in [5.74, 6) is -1.90. The van der Waals surface area contributed by atoms with Crippen molar-refractivity contribution in [2.75, 3.05) is 6.54 Å². The molecule has 0 unspecified atom stereocenters. The molecule has 0 saturated carbocycles. The van der Waals surface area contributed by atoms with Gasteiger partial charge in [0.05, 0.1) is 5.69 Å². The standard InChI is InChI=1S/C21H23F3N2O2/c1-20(2,3)28-18(27)15-26(14-16-10-6-4-7-11-16)19(21(22,23)24)25-17-12-8-5-9-13-17/h4-13H,14-15H2,1-3H3. The van der Waals surface area contributed by atoms with Crippen molar-refractivity contribution in [3.05, 3.63) is 66.2 Å². The summed E-state index contributed by atoms with van der Waals surface area (Å²) in [6, 6.07) is 16.4. The van der Waals surface area contributed by atoms with Gasteiger partial charge in [-0.05, 0) is 38.5 Å². The lowest BCUT2D eigenvalue weighted by Gasteiger charge is -2.28. The lowest BCUT2D eigenvalue weighted by atomic mass is 10.2. The number of esters is 1. The normalized spacial score (nSPS) is 12.6. The van der Waals surface area contributed by atoms with Gasteiger partial charge in [0.15, 0.2) is 0 Å². The Hall–Kier alpha value is -2.83. The summed E-state index contributed by atoms with van der Waals surface area (Å²) in [5, 5.41) is 0. The molecule has 0 spiro atoms. The fourth-order valence-electron chi connectivity index (χ4n) is 2.48. The van der Waals surface area contributed by atoms with Gasteiger partial charge in [-0.2, -0.15) is 13.2 Å². The molecular formula is C21H23F3N2O2. The Kier molecular flexibility index (Phi) is 6.83. The van der Waals surface area contributed by atoms with E-state index < -0.39 is 30.1 Å². The summed E-state index contributed by atoms with van der Waals surface area (Å²) in [5.41, 5.74) is -0.0297. The first-order valence-electron chi connectivity index (χ1n) is 8.76. The molecule has 2 rings (SSSR count). The van der Waals surface area contributed by atoms with Crippen LogP contribution >= 0.6 is 0 Å². The van der Waals surface area contributed by atoms with E-state index in [2.05, 4.69) is 4.99 Å². The third-order valence-corrected chi connectivity index (χ3v) is 3.50. The number of halogens is 3. The number of hydrogen-bond acceptors (Lipinski definition) is 3. The second-order valence-electron chi connectivity index (χ2n) is 7.20. The number of aliphatic imine (C=N–C) groups is 1. The summed E-state index contributed by atoms with van der Waals surface area (Å²) >= 11 is 0. The van der Waals surface area contributed by atoms with Crippen LogP contribution in [-0.4, -0.2) is 35.0 Å². The number of hydrogen-bond donors (Lipinski definition) is 0. The van der Waals surface area contributed by atoms with Crippen molar-refractivity contribution < 1.29 is 22.7 Å². The third kappa shape index (κ3) is 7.06. The van der Waals surface area contributed by atoms with Gasteiger partial charge in [0.25, 0.3) is 0 Å². The summed E-state index contributed by atoms with van der Waals surface area (Å²) in [6.45, 7) is 4.28. The molecule has 4 nitrogen and oxygen atoms in total. The van der Waals surface area contributed by atoms with Crippen molar-refractivity contribution in [2.45, 2.75) is 39.1 Å². The van der Waals surface area contributed by atoms with Crippen LogP contribution in [0, 0.1) is 0 Å². The average molecular weight is 392 g/mol. The molecule has 28 heavy (non-hydrogen) atoms. The van der Waals surface area contributed by atoms with Crippen molar-refractivity contribution >= 4 is 17.5 Å². The molecule has 0 fully saturated rings. The minimum absolute atomic E-state index is 0.134. The van der Waals surface area contributed by atoms with Gasteiger partial charge in [0.1, 0.15) is 12.1 Å². The van der Waals surface area contributed by atoms with Gasteiger partial charge >= 0.3 is 12.1 Å². The van der Waals surface area contributed by atoms with Gasteiger partial charge < -0.3 is 9.64 Å². The number of benzene rings is 2. The van der Waals surface area contributed by atoms with Crippen LogP contribution in [0.1, 0.15) is 26.3 Å². The van der Waals surface area contributed by atoms with Gasteiger partial charge in [0, 0.05) is 6.54 Å². The molecule has 0 aliphatic heterocycles. The summed E-state index contributed by atoms with van der Waals surface area (Å²) in [7, 11) is 0. The van der Waals surface area contributed by atoms with E-state index in [0.29, 0.717) is 5.56 Å². The highest BCUT2D eigenvalue weighted by atomic mass is 19.4. The number of nitrogens with zero attached hydrogens (tertiary/aromatic N) is 2. The summed E-state index contributed by atoms with van der Waals surface area (Å²) in [4.78, 5) is 16.9. The van der Waals surface area contributed by atoms with Crippen molar-refractivity contribution in [1.82, 2.24) is 4.90 Å². The lowest BCUT2D eigenvalue weighted by molar-refractivity contribution is -0.155. The number of carbonyl (C=O) groups is 1. The Morgan fingerprint density at radius 2 is 1.50 bits per heavy atom. The Morgan fingerprint density at radius 1 is 0.964 bits per heavy atom. The van der Waals surface area contributed by atoms with Crippen LogP contribution in [0.25, 0.3) is 0 Å². The maximum Gasteiger partial charge on any atom is 0.449 e. The van der Waals surface area contributed by atoms with Crippen molar-refractivity contribution in [3.8, 4) is 0 Å². The third-order valence-electron chi connectivity index (χ3n) is 3.50. The predicted octanol–water partition coefficient (Wildman–Crippen LogP) is 5.12. The molecule has 2 aromatic rings. The molecule has 0 atom stereocenters. The monoisotopic (exact) mass is 392 g/mol. The van der Waals surface area contributed by atoms with Crippen molar-refractivity contribution in [3.63, 3.8) is 0 Å². The predicted molar refractivity (Wildman–Crippen MR) is 102 cm³/mol. The molecule has 0 bridgehead atoms. The molecule has 0 aliphatic rings. The van der Waals surface area contributed by atoms with Crippen LogP contribution in [0.5, 0.6) is 0 Å². The van der Waals surface area contributed by atoms with E-state index in [1.165, 1.54) is 12.1 Å². The van der Waals surface area contributed by atoms with E-state index in [-0.39, 0.29) is 12.2 Å². The quantitative estimate of drug-likeness (QED) is 0.403. The number of carbonyl (C=O) groups excluding carboxylic acids is 1. The Labute approximate surface area is 162 Å². The maximum absolute atomic E-state index is 13.8. The van der Waals surface area contributed by atoms with Crippen LogP contribution in [-0.2, 0) is 16.1 Å². The van der Waals surface area contributed by atoms with E-state index in [1.54, 1.807) is 69.3 Å². The molecular weight excluding hydrogens is 369 g/mol. The zero-order chi connectivity index (χ0) is 20.8. The maximum atomic E-state index is 13.8. The summed E-state index contributed by atoms with van der Waals surface area (Å²) in [6.07, 6.45) is -4.74. The molecule has 0 heterocycles. The van der Waals surface area contributed by atoms with E-state index in [0.717, 1.165) is 4.90 Å². The molecule has 0 radical (unpaired) electrons. The zero-order valence-electron chi connectivity index (χ0n) is 16.0. The average Bonchev–Trinajstić information content (AvgIpc) is 2.58. The molecule has 0 amide bonds. The van der Waals surface area contributed by atoms with E-state index >= 15 is 0 Å². The van der Waals surface area contributed by atoms with Gasteiger partial charge in [0.2, 0.25) is 5.84 Å². The van der Waals surface area contributed by atoms with Crippen LogP contribution in [0.4, 0.5) is 18.9 Å². The Morgan fingerprint density at radius 3 is 2.00 bits per heavy atom. The molecule has 0 aliphatic carbocycles. The topological polar surface area (TPSA) is 41.9 Å². The lowest BCUT2D eigenvalue weighted by Crippen LogP contribution is -2.44. The fourth-order valence-corrected chi connectivity index (χ4v) is 2.48. The number of rotatable bonds is 5. The van der Waals surface area contributed by atoms with Crippen molar-refractivity contribution in [1.29, 1.82) is 0 Å². The highest BCUT2D eigenvalue weighted by molar-refractivity contribution is 5.92. The van der Waals surface area contributed by atoms with Gasteiger partial charge in [-0.3, -0.25) is 4.79 Å². The van der Waals surface area contributed by atoms with E-state index in [9.17, 15) is 18.0 Å². The van der Waals surface area contributed by atoms with Crippen LogP contribution in [0.15, 0.2) is 65.7 Å². The van der Waals surface area contributed by atoms with Crippen molar-refractivity contribution in [2.24, 2.45) is 4.99 Å². The molecule has 150 valence electrons. The largest absolute Gasteiger partial charge is 0.459 e. The fraction of sp³-hybridized carbons (Fsp3) is 0.333. The van der Waals surface area contributed by atoms with Gasteiger partial charge in [-0.15, -0.1) is 0 Å². The Balaban J connectivity index is 2.40. The minimum atomic E-state index is -4.74. The van der Waals surface area contributed by atoms with Crippen LogP contribution in [0.2, 0.25) is 0 Å². The molecule has 2 aromatic carbocycles. The Bertz CT molecular complexity index is 798. The van der Waals surface area contributed by atoms with Crippen LogP contribution in [0.3, 0.4) is 0 Å². The first-order chi connectivity index (χ1) is 13.0. The highest BCUT2D eigenvalue weighted by Gasteiger charge is 2.41. The summed E-state index contributed by atoms with van der Waals surface area (Å²) < 4.78 is 46.7. The molecule has 7 heteroatoms. The minimum Gasteiger partial charge on any atom is -0.459 e. The van der Waals surface area contributed by atoms with Gasteiger partial charge in [-0.25, -0.2) is 4.99 Å². The number of amidine groups is 1. The first-order valence-corrected chi connectivity index (χ1v) is 8.76. The second-order valence-corrected chi connectivity index (χ2v) is 7.20. The van der Waals surface area contributed by atoms with Crippen LogP contribution < -0.4 is 0 Å². The first kappa shape index (κ1) is 21.5. The number of para-hydroxylation sites is 1. The molecule has 0 N–H and O–H groups in total. The van der Waals surface area contributed by atoms with Gasteiger partial charge in [-0.1, -0.05) is 48.5 Å². The number of ether oxygens (including phenoxy) is 1. The smallest absolute Gasteiger partial charge is 0.449 e.